The van der Waals surface area contributed by atoms with Crippen LogP contribution in [0.4, 0.5) is 0 Å². The minimum atomic E-state index is -0.176. The van der Waals surface area contributed by atoms with Gasteiger partial charge < -0.3 is 10.1 Å². The average molecular weight is 237 g/mol. The Bertz CT molecular complexity index is 365. The van der Waals surface area contributed by atoms with E-state index in [4.69, 9.17) is 4.74 Å². The van der Waals surface area contributed by atoms with Gasteiger partial charge in [-0.25, -0.2) is 0 Å². The van der Waals surface area contributed by atoms with Crippen LogP contribution in [0.15, 0.2) is 42.8 Å². The SMILES string of the molecule is C=C(N[C@@H](CC(=O)S)c1ccccc1)OC. The summed E-state index contributed by atoms with van der Waals surface area (Å²) in [5.41, 5.74) is 1.00. The first kappa shape index (κ1) is 12.6. The highest BCUT2D eigenvalue weighted by atomic mass is 32.1. The second-order valence-corrected chi connectivity index (χ2v) is 3.83. The number of hydrogen-bond donors (Lipinski definition) is 2. The number of carbonyl (C=O) groups excluding carboxylic acids is 1. The van der Waals surface area contributed by atoms with E-state index in [0.717, 1.165) is 5.56 Å². The Morgan fingerprint density at radius 3 is 2.62 bits per heavy atom. The number of nitrogens with one attached hydrogen (secondary N) is 1. The van der Waals surface area contributed by atoms with Crippen molar-refractivity contribution >= 4 is 17.7 Å². The maximum atomic E-state index is 11.1. The zero-order valence-electron chi connectivity index (χ0n) is 9.14. The van der Waals surface area contributed by atoms with Gasteiger partial charge in [-0.1, -0.05) is 30.3 Å². The van der Waals surface area contributed by atoms with E-state index in [2.05, 4.69) is 24.5 Å². The first-order valence-corrected chi connectivity index (χ1v) is 5.34. The van der Waals surface area contributed by atoms with Gasteiger partial charge in [-0.05, 0) is 12.1 Å². The molecule has 0 radical (unpaired) electrons. The summed E-state index contributed by atoms with van der Waals surface area (Å²) in [5.74, 6) is 0.434. The van der Waals surface area contributed by atoms with E-state index < -0.39 is 0 Å². The Labute approximate surface area is 101 Å². The van der Waals surface area contributed by atoms with Crippen molar-refractivity contribution in [3.05, 3.63) is 48.4 Å². The highest BCUT2D eigenvalue weighted by Crippen LogP contribution is 2.18. The fourth-order valence-electron chi connectivity index (χ4n) is 1.37. The molecule has 0 fully saturated rings. The Hall–Kier alpha value is -1.42. The molecule has 86 valence electrons. The number of rotatable bonds is 6. The molecule has 0 heterocycles. The van der Waals surface area contributed by atoms with E-state index in [1.807, 2.05) is 30.3 Å². The monoisotopic (exact) mass is 237 g/mol. The molecule has 0 saturated heterocycles. The van der Waals surface area contributed by atoms with Crippen molar-refractivity contribution in [3.63, 3.8) is 0 Å². The topological polar surface area (TPSA) is 38.3 Å². The first-order valence-electron chi connectivity index (χ1n) is 4.89. The predicted octanol–water partition coefficient (Wildman–Crippen LogP) is 2.28. The molecule has 0 unspecified atom stereocenters. The van der Waals surface area contributed by atoms with Gasteiger partial charge in [0.15, 0.2) is 11.0 Å². The summed E-state index contributed by atoms with van der Waals surface area (Å²) in [6, 6.07) is 9.49. The van der Waals surface area contributed by atoms with E-state index in [1.165, 1.54) is 7.11 Å². The lowest BCUT2D eigenvalue weighted by molar-refractivity contribution is -0.111. The summed E-state index contributed by atoms with van der Waals surface area (Å²) in [7, 11) is 1.53. The molecule has 4 heteroatoms. The molecule has 3 nitrogen and oxygen atoms in total. The first-order chi connectivity index (χ1) is 7.63. The van der Waals surface area contributed by atoms with E-state index in [1.54, 1.807) is 0 Å². The van der Waals surface area contributed by atoms with Gasteiger partial charge in [0.05, 0.1) is 13.2 Å². The lowest BCUT2D eigenvalue weighted by atomic mass is 10.0. The van der Waals surface area contributed by atoms with Crippen molar-refractivity contribution in [3.8, 4) is 0 Å². The quantitative estimate of drug-likeness (QED) is 0.589. The van der Waals surface area contributed by atoms with Gasteiger partial charge >= 0.3 is 0 Å². The standard InChI is InChI=1S/C12H15NO2S/c1-9(15-2)13-11(8-12(14)16)10-6-4-3-5-7-10/h3-7,11,13H,1,8H2,2H3,(H,14,16)/t11-/m0/s1. The zero-order valence-corrected chi connectivity index (χ0v) is 10.0. The molecule has 16 heavy (non-hydrogen) atoms. The van der Waals surface area contributed by atoms with Crippen LogP contribution in [0.1, 0.15) is 18.0 Å². The van der Waals surface area contributed by atoms with Gasteiger partial charge in [-0.3, -0.25) is 4.79 Å². The Kier molecular flexibility index (Phi) is 4.92. The van der Waals surface area contributed by atoms with Crippen LogP contribution in [0.2, 0.25) is 0 Å². The van der Waals surface area contributed by atoms with Crippen molar-refractivity contribution in [1.29, 1.82) is 0 Å². The van der Waals surface area contributed by atoms with Crippen molar-refractivity contribution in [1.82, 2.24) is 5.32 Å². The van der Waals surface area contributed by atoms with Crippen LogP contribution in [-0.2, 0) is 9.53 Å². The van der Waals surface area contributed by atoms with E-state index in [0.29, 0.717) is 5.88 Å². The predicted molar refractivity (Wildman–Crippen MR) is 67.1 cm³/mol. The second kappa shape index (κ2) is 6.23. The molecule has 1 aromatic rings. The highest BCUT2D eigenvalue weighted by molar-refractivity contribution is 7.96. The summed E-state index contributed by atoms with van der Waals surface area (Å²) in [4.78, 5) is 11.1. The second-order valence-electron chi connectivity index (χ2n) is 3.33. The van der Waals surface area contributed by atoms with Crippen molar-refractivity contribution < 1.29 is 9.53 Å². The number of benzene rings is 1. The van der Waals surface area contributed by atoms with Crippen LogP contribution >= 0.6 is 12.6 Å². The van der Waals surface area contributed by atoms with Gasteiger partial charge in [0.25, 0.3) is 0 Å². The molecule has 0 saturated carbocycles. The van der Waals surface area contributed by atoms with E-state index in [-0.39, 0.29) is 17.6 Å². The lowest BCUT2D eigenvalue weighted by Crippen LogP contribution is -2.22. The third-order valence-electron chi connectivity index (χ3n) is 2.16. The minimum Gasteiger partial charge on any atom is -0.483 e. The molecule has 0 aliphatic rings. The molecule has 0 amide bonds. The van der Waals surface area contributed by atoms with Crippen LogP contribution in [-0.4, -0.2) is 12.2 Å². The minimum absolute atomic E-state index is 0.154. The number of carbonyl (C=O) groups is 1. The summed E-state index contributed by atoms with van der Waals surface area (Å²) in [5, 5.41) is 2.85. The molecular formula is C12H15NO2S. The molecule has 0 bridgehead atoms. The molecule has 1 rings (SSSR count). The summed E-state index contributed by atoms with van der Waals surface area (Å²) in [6.07, 6.45) is 0.287. The third kappa shape index (κ3) is 3.98. The van der Waals surface area contributed by atoms with E-state index >= 15 is 0 Å². The largest absolute Gasteiger partial charge is 0.483 e. The maximum Gasteiger partial charge on any atom is 0.188 e. The zero-order chi connectivity index (χ0) is 12.0. The summed E-state index contributed by atoms with van der Waals surface area (Å²) in [6.45, 7) is 3.68. The molecule has 0 spiro atoms. The van der Waals surface area contributed by atoms with Gasteiger partial charge in [0.2, 0.25) is 0 Å². The third-order valence-corrected chi connectivity index (χ3v) is 2.34. The molecule has 0 aliphatic carbocycles. The van der Waals surface area contributed by atoms with Gasteiger partial charge in [0, 0.05) is 6.42 Å². The Morgan fingerprint density at radius 2 is 2.12 bits per heavy atom. The molecule has 0 aliphatic heterocycles. The maximum absolute atomic E-state index is 11.1. The Morgan fingerprint density at radius 1 is 1.50 bits per heavy atom. The van der Waals surface area contributed by atoms with Crippen molar-refractivity contribution in [2.45, 2.75) is 12.5 Å². The van der Waals surface area contributed by atoms with Crippen LogP contribution in [0.25, 0.3) is 0 Å². The van der Waals surface area contributed by atoms with Crippen LogP contribution in [0.3, 0.4) is 0 Å². The van der Waals surface area contributed by atoms with Gasteiger partial charge in [-0.2, -0.15) is 0 Å². The highest BCUT2D eigenvalue weighted by Gasteiger charge is 2.14. The lowest BCUT2D eigenvalue weighted by Gasteiger charge is -2.19. The fraction of sp³-hybridized carbons (Fsp3) is 0.250. The van der Waals surface area contributed by atoms with Crippen molar-refractivity contribution in [2.75, 3.05) is 7.11 Å². The average Bonchev–Trinajstić information content (AvgIpc) is 2.28. The van der Waals surface area contributed by atoms with Crippen LogP contribution < -0.4 is 5.32 Å². The molecular weight excluding hydrogens is 222 g/mol. The number of hydrogen-bond acceptors (Lipinski definition) is 3. The normalized spacial score (nSPS) is 11.6. The van der Waals surface area contributed by atoms with Crippen LogP contribution in [0, 0.1) is 0 Å². The number of methoxy groups -OCH3 is 1. The molecule has 1 N–H and O–H groups in total. The molecule has 1 aromatic carbocycles. The van der Waals surface area contributed by atoms with Gasteiger partial charge in [-0.15, -0.1) is 12.6 Å². The van der Waals surface area contributed by atoms with Gasteiger partial charge in [0.1, 0.15) is 0 Å². The van der Waals surface area contributed by atoms with Crippen LogP contribution in [0.5, 0.6) is 0 Å². The summed E-state index contributed by atoms with van der Waals surface area (Å²) >= 11 is 3.79. The van der Waals surface area contributed by atoms with Crippen molar-refractivity contribution in [2.24, 2.45) is 0 Å². The fourth-order valence-corrected chi connectivity index (χ4v) is 1.55. The number of ether oxygens (including phenoxy) is 1. The number of thiol groups is 1. The Balaban J connectivity index is 2.79. The molecule has 0 aromatic heterocycles. The van der Waals surface area contributed by atoms with E-state index in [9.17, 15) is 4.79 Å². The summed E-state index contributed by atoms with van der Waals surface area (Å²) < 4.78 is 4.94. The smallest absolute Gasteiger partial charge is 0.188 e. The molecule has 1 atom stereocenters.